The Morgan fingerprint density at radius 3 is 1.92 bits per heavy atom. The molecule has 0 heterocycles. The zero-order chi connectivity index (χ0) is 20.5. The average molecular weight is 387 g/mol. The third-order valence-corrected chi connectivity index (χ3v) is 10.7. The van der Waals surface area contributed by atoms with Crippen molar-refractivity contribution < 1.29 is 28.6 Å². The summed E-state index contributed by atoms with van der Waals surface area (Å²) in [6.07, 6.45) is 5.54. The first-order valence-corrected chi connectivity index (χ1v) is 12.0. The Kier molecular flexibility index (Phi) is 9.84. The molecule has 1 atom stereocenters. The highest BCUT2D eigenvalue weighted by Gasteiger charge is 2.43. The van der Waals surface area contributed by atoms with Crippen molar-refractivity contribution in [2.24, 2.45) is 5.92 Å². The summed E-state index contributed by atoms with van der Waals surface area (Å²) >= 11 is 0. The number of carbonyl (C=O) groups is 3. The molecule has 150 valence electrons. The number of methoxy groups -OCH3 is 2. The summed E-state index contributed by atoms with van der Waals surface area (Å²) in [7, 11) is 0.598. The lowest BCUT2D eigenvalue weighted by Crippen LogP contribution is -2.50. The monoisotopic (exact) mass is 386 g/mol. The van der Waals surface area contributed by atoms with Gasteiger partial charge in [0.1, 0.15) is 13.8 Å². The minimum atomic E-state index is -1.90. The molecule has 0 fully saturated rings. The summed E-state index contributed by atoms with van der Waals surface area (Å²) in [4.78, 5) is 34.8. The van der Waals surface area contributed by atoms with Gasteiger partial charge in [0.15, 0.2) is 5.92 Å². The molecule has 0 saturated carbocycles. The highest BCUT2D eigenvalue weighted by atomic mass is 28.3. The third-order valence-electron chi connectivity index (χ3n) is 5.08. The number of carbonyl (C=O) groups excluding carboxylic acids is 3. The molecule has 0 aromatic carbocycles. The van der Waals surface area contributed by atoms with E-state index in [9.17, 15) is 14.4 Å². The van der Waals surface area contributed by atoms with Gasteiger partial charge in [0, 0.05) is 6.92 Å². The van der Waals surface area contributed by atoms with Crippen LogP contribution in [-0.4, -0.2) is 45.9 Å². The molecule has 0 saturated heterocycles. The molecule has 0 aliphatic rings. The Balaban J connectivity index is 4.91. The average Bonchev–Trinajstić information content (AvgIpc) is 2.54. The highest BCUT2D eigenvalue weighted by Crippen LogP contribution is 2.39. The quantitative estimate of drug-likeness (QED) is 0.150. The zero-order valence-corrected chi connectivity index (χ0v) is 18.4. The summed E-state index contributed by atoms with van der Waals surface area (Å²) in [6.45, 7) is 12.3. The number of esters is 3. The SMILES string of the molecule is COC(=O)C(CCC/C=C/[C@H](OC(C)=O)[Si](C)(C)C(C)(C)C)C(=O)OC. The molecule has 0 spiro atoms. The molecule has 0 radical (unpaired) electrons. The molecule has 26 heavy (non-hydrogen) atoms. The van der Waals surface area contributed by atoms with E-state index in [1.165, 1.54) is 21.1 Å². The van der Waals surface area contributed by atoms with E-state index in [1.54, 1.807) is 0 Å². The molecule has 0 aliphatic heterocycles. The van der Waals surface area contributed by atoms with Crippen LogP contribution in [0.4, 0.5) is 0 Å². The molecule has 7 heteroatoms. The summed E-state index contributed by atoms with van der Waals surface area (Å²) in [5, 5.41) is 0.0678. The van der Waals surface area contributed by atoms with E-state index < -0.39 is 25.9 Å². The summed E-state index contributed by atoms with van der Waals surface area (Å²) in [5.41, 5.74) is -0.225. The lowest BCUT2D eigenvalue weighted by molar-refractivity contribution is -0.159. The second-order valence-electron chi connectivity index (χ2n) is 7.96. The van der Waals surface area contributed by atoms with Gasteiger partial charge >= 0.3 is 17.9 Å². The molecule has 0 amide bonds. The van der Waals surface area contributed by atoms with Gasteiger partial charge in [-0.25, -0.2) is 0 Å². The molecule has 0 aromatic heterocycles. The van der Waals surface area contributed by atoms with Gasteiger partial charge in [-0.1, -0.05) is 46.0 Å². The van der Waals surface area contributed by atoms with Gasteiger partial charge in [0.2, 0.25) is 0 Å². The van der Waals surface area contributed by atoms with Crippen LogP contribution in [0.5, 0.6) is 0 Å². The molecule has 0 aliphatic carbocycles. The van der Waals surface area contributed by atoms with E-state index in [-0.39, 0.29) is 16.7 Å². The smallest absolute Gasteiger partial charge is 0.320 e. The number of rotatable bonds is 9. The summed E-state index contributed by atoms with van der Waals surface area (Å²) < 4.78 is 14.9. The fraction of sp³-hybridized carbons (Fsp3) is 0.737. The van der Waals surface area contributed by atoms with Crippen molar-refractivity contribution in [3.63, 3.8) is 0 Å². The standard InChI is InChI=1S/C19H34O6Si/c1-14(20)25-16(26(7,8)19(2,3)4)13-11-9-10-12-15(17(21)23-5)18(22)24-6/h11,13,15-16H,9-10,12H2,1-8H3/b13-11+/t16-/m1/s1. The third kappa shape index (κ3) is 7.31. The van der Waals surface area contributed by atoms with Crippen molar-refractivity contribution in [2.75, 3.05) is 14.2 Å². The number of hydrogen-bond donors (Lipinski definition) is 0. The topological polar surface area (TPSA) is 78.9 Å². The summed E-state index contributed by atoms with van der Waals surface area (Å²) in [5.74, 6) is -2.36. The van der Waals surface area contributed by atoms with Crippen LogP contribution in [0.1, 0.15) is 47.0 Å². The van der Waals surface area contributed by atoms with Crippen molar-refractivity contribution in [1.82, 2.24) is 0 Å². The van der Waals surface area contributed by atoms with E-state index in [0.717, 1.165) is 0 Å². The van der Waals surface area contributed by atoms with E-state index in [1.807, 2.05) is 12.2 Å². The molecule has 6 nitrogen and oxygen atoms in total. The Morgan fingerprint density at radius 2 is 1.54 bits per heavy atom. The van der Waals surface area contributed by atoms with Gasteiger partial charge in [-0.3, -0.25) is 14.4 Å². The van der Waals surface area contributed by atoms with Crippen LogP contribution in [0.2, 0.25) is 18.1 Å². The molecule has 0 rings (SSSR count). The first kappa shape index (κ1) is 24.4. The van der Waals surface area contributed by atoms with Crippen LogP contribution in [0.15, 0.2) is 12.2 Å². The fourth-order valence-corrected chi connectivity index (χ4v) is 4.24. The van der Waals surface area contributed by atoms with Crippen LogP contribution in [0, 0.1) is 5.92 Å². The zero-order valence-electron chi connectivity index (χ0n) is 17.4. The van der Waals surface area contributed by atoms with Gasteiger partial charge in [0.25, 0.3) is 0 Å². The first-order valence-electron chi connectivity index (χ1n) is 8.88. The van der Waals surface area contributed by atoms with Crippen LogP contribution >= 0.6 is 0 Å². The van der Waals surface area contributed by atoms with Crippen molar-refractivity contribution in [2.45, 2.75) is 70.8 Å². The molecular weight excluding hydrogens is 352 g/mol. The highest BCUT2D eigenvalue weighted by molar-refractivity contribution is 6.81. The van der Waals surface area contributed by atoms with Gasteiger partial charge in [-0.05, 0) is 24.3 Å². The van der Waals surface area contributed by atoms with Gasteiger partial charge < -0.3 is 14.2 Å². The van der Waals surface area contributed by atoms with Gasteiger partial charge in [-0.15, -0.1) is 0 Å². The van der Waals surface area contributed by atoms with Gasteiger partial charge in [0.05, 0.1) is 14.2 Å². The lowest BCUT2D eigenvalue weighted by Gasteiger charge is -2.41. The predicted octanol–water partition coefficient (Wildman–Crippen LogP) is 3.65. The van der Waals surface area contributed by atoms with E-state index in [0.29, 0.717) is 19.3 Å². The minimum absolute atomic E-state index is 0.0678. The number of unbranched alkanes of at least 4 members (excludes halogenated alkanes) is 1. The van der Waals surface area contributed by atoms with E-state index in [2.05, 4.69) is 43.3 Å². The Hall–Kier alpha value is -1.63. The van der Waals surface area contributed by atoms with Crippen molar-refractivity contribution in [3.05, 3.63) is 12.2 Å². The van der Waals surface area contributed by atoms with Crippen molar-refractivity contribution in [1.29, 1.82) is 0 Å². The number of ether oxygens (including phenoxy) is 3. The molecule has 0 unspecified atom stereocenters. The normalized spacial score (nSPS) is 13.6. The van der Waals surface area contributed by atoms with Gasteiger partial charge in [-0.2, -0.15) is 0 Å². The van der Waals surface area contributed by atoms with Crippen LogP contribution in [0.25, 0.3) is 0 Å². The molecule has 0 bridgehead atoms. The maximum absolute atomic E-state index is 11.7. The second-order valence-corrected chi connectivity index (χ2v) is 13.5. The Morgan fingerprint density at radius 1 is 1.04 bits per heavy atom. The second kappa shape index (κ2) is 10.5. The minimum Gasteiger partial charge on any atom is -0.468 e. The fourth-order valence-electron chi connectivity index (χ4n) is 2.31. The largest absolute Gasteiger partial charge is 0.468 e. The number of allylic oxidation sites excluding steroid dienone is 1. The first-order chi connectivity index (χ1) is 11.9. The van der Waals surface area contributed by atoms with Crippen LogP contribution in [-0.2, 0) is 28.6 Å². The van der Waals surface area contributed by atoms with Crippen LogP contribution in [0.3, 0.4) is 0 Å². The Labute approximate surface area is 158 Å². The predicted molar refractivity (Wildman–Crippen MR) is 103 cm³/mol. The van der Waals surface area contributed by atoms with Crippen molar-refractivity contribution >= 4 is 26.0 Å². The molecule has 0 N–H and O–H groups in total. The maximum atomic E-state index is 11.7. The van der Waals surface area contributed by atoms with E-state index >= 15 is 0 Å². The van der Waals surface area contributed by atoms with Crippen LogP contribution < -0.4 is 0 Å². The molecular formula is C19H34O6Si. The maximum Gasteiger partial charge on any atom is 0.320 e. The number of hydrogen-bond acceptors (Lipinski definition) is 6. The Bertz CT molecular complexity index is 503. The summed E-state index contributed by atoms with van der Waals surface area (Å²) in [6, 6.07) is 0. The lowest BCUT2D eigenvalue weighted by atomic mass is 10.0. The molecule has 0 aromatic rings. The van der Waals surface area contributed by atoms with E-state index in [4.69, 9.17) is 4.74 Å². The van der Waals surface area contributed by atoms with Crippen molar-refractivity contribution in [3.8, 4) is 0 Å².